The van der Waals surface area contributed by atoms with E-state index >= 15 is 0 Å². The van der Waals surface area contributed by atoms with Gasteiger partial charge in [0, 0.05) is 55.3 Å². The topological polar surface area (TPSA) is 121 Å². The first-order chi connectivity index (χ1) is 19.5. The largest absolute Gasteiger partial charge is 0.478 e. The Morgan fingerprint density at radius 3 is 2.05 bits per heavy atom. The van der Waals surface area contributed by atoms with Crippen LogP contribution in [0, 0.1) is 5.41 Å². The van der Waals surface area contributed by atoms with Crippen LogP contribution in [0.5, 0.6) is 0 Å². The lowest BCUT2D eigenvalue weighted by molar-refractivity contribution is -0.141. The molecule has 0 saturated heterocycles. The lowest BCUT2D eigenvalue weighted by Gasteiger charge is -2.42. The molecular weight excluding hydrogens is 548 g/mol. The van der Waals surface area contributed by atoms with Crippen LogP contribution < -0.4 is 5.32 Å². The normalized spacial score (nSPS) is 15.0. The number of nitrogens with zero attached hydrogens (tertiary/aromatic N) is 3. The first-order valence-electron chi connectivity index (χ1n) is 14.5. The van der Waals surface area contributed by atoms with Crippen LogP contribution in [0.25, 0.3) is 10.9 Å². The number of para-hydroxylation sites is 1. The van der Waals surface area contributed by atoms with Crippen LogP contribution in [0.4, 0.5) is 4.79 Å². The van der Waals surface area contributed by atoms with E-state index in [9.17, 15) is 24.3 Å². The molecule has 0 unspecified atom stereocenters. The van der Waals surface area contributed by atoms with E-state index in [1.165, 1.54) is 29.8 Å². The maximum atomic E-state index is 14.4. The van der Waals surface area contributed by atoms with Crippen LogP contribution in [-0.2, 0) is 31.6 Å². The second-order valence-corrected chi connectivity index (χ2v) is 14.0. The number of carboxylic acid groups (broad SMARTS) is 1. The third kappa shape index (κ3) is 8.18. The molecule has 0 spiro atoms. The van der Waals surface area contributed by atoms with Crippen molar-refractivity contribution in [3.05, 3.63) is 47.7 Å². The van der Waals surface area contributed by atoms with Gasteiger partial charge >= 0.3 is 12.1 Å². The van der Waals surface area contributed by atoms with Gasteiger partial charge in [0.25, 0.3) is 0 Å². The highest BCUT2D eigenvalue weighted by Gasteiger charge is 2.46. The average Bonchev–Trinajstić information content (AvgIpc) is 3.21. The standard InChI is InChI=1S/C33H50N4O6/c1-20(29(40)41)18-21(2)36(12)28(39)25(31(3,4)5)34-27(38)26(37(13)30(42)43-32(6,7)8)33(9,10)23-19-35(11)24-17-15-14-16-22(23)24/h14-19,21,25-26H,1-13H3,(H,34,38)(H,40,41)/b20-18+/t21-,25-,26-/m1/s1. The number of aliphatic carboxylic acids is 1. The zero-order valence-electron chi connectivity index (χ0n) is 28.0. The van der Waals surface area contributed by atoms with Gasteiger partial charge in [0.2, 0.25) is 11.8 Å². The fraction of sp³-hybridized carbons (Fsp3) is 0.576. The van der Waals surface area contributed by atoms with Gasteiger partial charge < -0.3 is 24.6 Å². The second kappa shape index (κ2) is 12.8. The van der Waals surface area contributed by atoms with Crippen molar-refractivity contribution >= 4 is 34.8 Å². The molecule has 3 amide bonds. The van der Waals surface area contributed by atoms with Gasteiger partial charge in [-0.3, -0.25) is 14.5 Å². The second-order valence-electron chi connectivity index (χ2n) is 14.0. The summed E-state index contributed by atoms with van der Waals surface area (Å²) in [7, 11) is 5.04. The van der Waals surface area contributed by atoms with Gasteiger partial charge in [0.05, 0.1) is 0 Å². The molecule has 0 aliphatic heterocycles. The van der Waals surface area contributed by atoms with E-state index in [4.69, 9.17) is 4.74 Å². The Morgan fingerprint density at radius 1 is 0.977 bits per heavy atom. The third-order valence-electron chi connectivity index (χ3n) is 7.78. The van der Waals surface area contributed by atoms with Gasteiger partial charge in [0.15, 0.2) is 0 Å². The van der Waals surface area contributed by atoms with Crippen LogP contribution in [0.15, 0.2) is 42.1 Å². The molecule has 0 saturated carbocycles. The van der Waals surface area contributed by atoms with Crippen molar-refractivity contribution < 1.29 is 29.0 Å². The summed E-state index contributed by atoms with van der Waals surface area (Å²) >= 11 is 0. The number of amides is 3. The summed E-state index contributed by atoms with van der Waals surface area (Å²) in [5.74, 6) is -1.97. The quantitative estimate of drug-likeness (QED) is 0.388. The highest BCUT2D eigenvalue weighted by atomic mass is 16.6. The Balaban J connectivity index is 2.62. The van der Waals surface area contributed by atoms with Gasteiger partial charge in [0.1, 0.15) is 17.7 Å². The van der Waals surface area contributed by atoms with Crippen LogP contribution >= 0.6 is 0 Å². The van der Waals surface area contributed by atoms with Crippen LogP contribution in [-0.4, -0.2) is 81.2 Å². The molecule has 1 aromatic heterocycles. The Bertz CT molecular complexity index is 1390. The summed E-state index contributed by atoms with van der Waals surface area (Å²) in [5, 5.41) is 13.2. The molecule has 0 radical (unpaired) electrons. The number of ether oxygens (including phenoxy) is 1. The van der Waals surface area contributed by atoms with Crippen LogP contribution in [0.3, 0.4) is 0 Å². The van der Waals surface area contributed by atoms with Gasteiger partial charge in [-0.25, -0.2) is 9.59 Å². The van der Waals surface area contributed by atoms with Gasteiger partial charge in [-0.15, -0.1) is 0 Å². The summed E-state index contributed by atoms with van der Waals surface area (Å²) < 4.78 is 7.66. The number of aryl methyl sites for hydroxylation is 1. The van der Waals surface area contributed by atoms with Crippen molar-refractivity contribution in [2.45, 2.75) is 98.4 Å². The van der Waals surface area contributed by atoms with E-state index < -0.39 is 52.5 Å². The number of carboxylic acids is 1. The van der Waals surface area contributed by atoms with Crippen molar-refractivity contribution in [2.75, 3.05) is 14.1 Å². The molecular formula is C33H50N4O6. The maximum Gasteiger partial charge on any atom is 0.410 e. The molecule has 2 N–H and O–H groups in total. The van der Waals surface area contributed by atoms with Crippen molar-refractivity contribution in [3.63, 3.8) is 0 Å². The van der Waals surface area contributed by atoms with Crippen molar-refractivity contribution in [2.24, 2.45) is 12.5 Å². The number of fused-ring (bicyclic) bond motifs is 1. The fourth-order valence-corrected chi connectivity index (χ4v) is 5.25. The molecule has 10 heteroatoms. The van der Waals surface area contributed by atoms with Crippen molar-refractivity contribution in [1.29, 1.82) is 0 Å². The highest BCUT2D eigenvalue weighted by Crippen LogP contribution is 2.37. The number of carbonyl (C=O) groups is 4. The Labute approximate surface area is 256 Å². The maximum absolute atomic E-state index is 14.4. The smallest absolute Gasteiger partial charge is 0.410 e. The molecule has 238 valence electrons. The summed E-state index contributed by atoms with van der Waals surface area (Å²) in [4.78, 5) is 55.8. The summed E-state index contributed by atoms with van der Waals surface area (Å²) in [6.45, 7) is 17.8. The minimum absolute atomic E-state index is 0.111. The van der Waals surface area contributed by atoms with Crippen molar-refractivity contribution in [3.8, 4) is 0 Å². The van der Waals surface area contributed by atoms with E-state index in [-0.39, 0.29) is 11.5 Å². The highest BCUT2D eigenvalue weighted by molar-refractivity contribution is 5.94. The van der Waals surface area contributed by atoms with Gasteiger partial charge in [-0.05, 0) is 51.7 Å². The number of benzene rings is 1. The molecule has 10 nitrogen and oxygen atoms in total. The average molecular weight is 599 g/mol. The number of likely N-dealkylation sites (N-methyl/N-ethyl adjacent to an activating group) is 2. The minimum Gasteiger partial charge on any atom is -0.478 e. The number of hydrogen-bond donors (Lipinski definition) is 2. The van der Waals surface area contributed by atoms with Gasteiger partial charge in [-0.2, -0.15) is 0 Å². The molecule has 2 rings (SSSR count). The van der Waals surface area contributed by atoms with E-state index in [1.807, 2.05) is 76.7 Å². The molecule has 2 aromatic rings. The minimum atomic E-state index is -1.07. The summed E-state index contributed by atoms with van der Waals surface area (Å²) in [6, 6.07) is 5.26. The van der Waals surface area contributed by atoms with E-state index in [1.54, 1.807) is 34.7 Å². The SMILES string of the molecule is C/C(=C\[C@@H](C)N(C)C(=O)[C@@H](NC(=O)[C@@H](N(C)C(=O)OC(C)(C)C)C(C)(C)c1cn(C)c2ccccc12)C(C)(C)C)C(=O)O. The number of rotatable bonds is 9. The molecule has 0 aliphatic rings. The number of carbonyl (C=O) groups excluding carboxylic acids is 3. The Hall–Kier alpha value is -3.82. The summed E-state index contributed by atoms with van der Waals surface area (Å²) in [6.07, 6.45) is 2.79. The Kier molecular flexibility index (Phi) is 10.5. The molecule has 1 heterocycles. The predicted octanol–water partition coefficient (Wildman–Crippen LogP) is 5.10. The molecule has 43 heavy (non-hydrogen) atoms. The first-order valence-corrected chi connectivity index (χ1v) is 14.5. The molecule has 0 aliphatic carbocycles. The number of aromatic nitrogens is 1. The molecule has 1 aromatic carbocycles. The summed E-state index contributed by atoms with van der Waals surface area (Å²) in [5.41, 5.74) is -0.486. The molecule has 0 bridgehead atoms. The molecule has 3 atom stereocenters. The third-order valence-corrected chi connectivity index (χ3v) is 7.78. The van der Waals surface area contributed by atoms with Crippen LogP contribution in [0.2, 0.25) is 0 Å². The van der Waals surface area contributed by atoms with E-state index in [2.05, 4.69) is 5.32 Å². The van der Waals surface area contributed by atoms with E-state index in [0.29, 0.717) is 0 Å². The van der Waals surface area contributed by atoms with E-state index in [0.717, 1.165) is 16.5 Å². The Morgan fingerprint density at radius 2 is 1.53 bits per heavy atom. The lowest BCUT2D eigenvalue weighted by atomic mass is 9.76. The van der Waals surface area contributed by atoms with Crippen molar-refractivity contribution in [1.82, 2.24) is 19.7 Å². The van der Waals surface area contributed by atoms with Crippen LogP contribution in [0.1, 0.15) is 74.8 Å². The lowest BCUT2D eigenvalue weighted by Crippen LogP contribution is -2.62. The monoisotopic (exact) mass is 598 g/mol. The number of nitrogens with one attached hydrogen (secondary N) is 1. The zero-order valence-corrected chi connectivity index (χ0v) is 28.0. The first kappa shape index (κ1) is 35.4. The fourth-order valence-electron chi connectivity index (χ4n) is 5.25. The number of hydrogen-bond acceptors (Lipinski definition) is 5. The zero-order chi connectivity index (χ0) is 33.2. The van der Waals surface area contributed by atoms with Gasteiger partial charge in [-0.1, -0.05) is 58.9 Å². The predicted molar refractivity (Wildman–Crippen MR) is 169 cm³/mol. The molecule has 0 fully saturated rings.